The van der Waals surface area contributed by atoms with Crippen LogP contribution in [0.25, 0.3) is 0 Å². The zero-order valence-corrected chi connectivity index (χ0v) is 12.4. The van der Waals surface area contributed by atoms with Crippen LogP contribution in [0, 0.1) is 23.2 Å². The Labute approximate surface area is 124 Å². The van der Waals surface area contributed by atoms with Gasteiger partial charge in [0.15, 0.2) is 0 Å². The molecule has 1 saturated heterocycles. The van der Waals surface area contributed by atoms with E-state index in [0.717, 1.165) is 13.0 Å². The molecule has 0 aromatic heterocycles. The van der Waals surface area contributed by atoms with Gasteiger partial charge in [-0.15, -0.1) is 0 Å². The third-order valence-corrected chi connectivity index (χ3v) is 4.22. The fourth-order valence-electron chi connectivity index (χ4n) is 3.32. The van der Waals surface area contributed by atoms with Crippen molar-refractivity contribution in [1.82, 2.24) is 4.90 Å². The summed E-state index contributed by atoms with van der Waals surface area (Å²) in [5, 5.41) is 9.28. The summed E-state index contributed by atoms with van der Waals surface area (Å²) in [6, 6.07) is 1.99. The third kappa shape index (κ3) is 3.24. The Kier molecular flexibility index (Phi) is 4.97. The van der Waals surface area contributed by atoms with Gasteiger partial charge in [0.1, 0.15) is 0 Å². The van der Waals surface area contributed by atoms with Gasteiger partial charge in [0.2, 0.25) is 0 Å². The first kappa shape index (κ1) is 15.5. The number of hydrogen-bond donors (Lipinski definition) is 0. The predicted octanol–water partition coefficient (Wildman–Crippen LogP) is 0.883. The van der Waals surface area contributed by atoms with E-state index in [0.29, 0.717) is 25.0 Å². The van der Waals surface area contributed by atoms with Crippen molar-refractivity contribution in [2.45, 2.75) is 25.3 Å². The van der Waals surface area contributed by atoms with Gasteiger partial charge in [-0.3, -0.25) is 14.5 Å². The molecule has 0 N–H and O–H groups in total. The lowest BCUT2D eigenvalue weighted by molar-refractivity contribution is -0.150. The summed E-state index contributed by atoms with van der Waals surface area (Å²) in [6.07, 6.45) is 3.71. The molecular weight excluding hydrogens is 272 g/mol. The number of hydrogen-bond acceptors (Lipinski definition) is 6. The highest BCUT2D eigenvalue weighted by Crippen LogP contribution is 2.39. The first-order valence-electron chi connectivity index (χ1n) is 7.11. The number of carbonyl (C=O) groups excluding carboxylic acids is 2. The maximum atomic E-state index is 11.9. The van der Waals surface area contributed by atoms with E-state index in [4.69, 9.17) is 4.74 Å². The summed E-state index contributed by atoms with van der Waals surface area (Å²) in [5.74, 6) is -0.584. The van der Waals surface area contributed by atoms with Gasteiger partial charge in [0.05, 0.1) is 32.2 Å². The number of fused-ring (bicyclic) bond motifs is 2. The number of nitrogens with zero attached hydrogens (tertiary/aromatic N) is 2. The Balaban J connectivity index is 2.06. The second-order valence-corrected chi connectivity index (χ2v) is 5.48. The summed E-state index contributed by atoms with van der Waals surface area (Å²) in [5.41, 5.74) is 0.644. The molecule has 0 unspecified atom stereocenters. The molecule has 1 fully saturated rings. The highest BCUT2D eigenvalue weighted by atomic mass is 16.5. The largest absolute Gasteiger partial charge is 0.469 e. The quantitative estimate of drug-likeness (QED) is 0.700. The molecule has 2 heterocycles. The predicted molar refractivity (Wildman–Crippen MR) is 73.9 cm³/mol. The van der Waals surface area contributed by atoms with E-state index in [1.54, 1.807) is 0 Å². The lowest BCUT2D eigenvalue weighted by atomic mass is 9.73. The molecular formula is C15H20N2O4. The smallest absolute Gasteiger partial charge is 0.310 e. The van der Waals surface area contributed by atoms with Crippen LogP contribution < -0.4 is 0 Å². The fraction of sp³-hybridized carbons (Fsp3) is 0.667. The normalized spacial score (nSPS) is 27.7. The highest BCUT2D eigenvalue weighted by Gasteiger charge is 2.45. The molecule has 3 aliphatic rings. The minimum absolute atomic E-state index is 0.201. The van der Waals surface area contributed by atoms with E-state index in [-0.39, 0.29) is 29.8 Å². The van der Waals surface area contributed by atoms with Gasteiger partial charge in [0.25, 0.3) is 0 Å². The molecule has 2 bridgehead atoms. The number of nitriles is 1. The fourth-order valence-corrected chi connectivity index (χ4v) is 3.32. The maximum absolute atomic E-state index is 11.9. The minimum atomic E-state index is -0.286. The van der Waals surface area contributed by atoms with Crippen LogP contribution in [0.4, 0.5) is 0 Å². The van der Waals surface area contributed by atoms with Gasteiger partial charge in [-0.1, -0.05) is 6.08 Å². The van der Waals surface area contributed by atoms with E-state index in [1.807, 2.05) is 6.08 Å². The van der Waals surface area contributed by atoms with Crippen LogP contribution >= 0.6 is 0 Å². The molecule has 0 radical (unpaired) electrons. The van der Waals surface area contributed by atoms with Gasteiger partial charge in [0, 0.05) is 18.5 Å². The molecule has 3 atom stereocenters. The van der Waals surface area contributed by atoms with Gasteiger partial charge in [-0.25, -0.2) is 0 Å². The van der Waals surface area contributed by atoms with Crippen molar-refractivity contribution < 1.29 is 19.1 Å². The molecule has 2 aliphatic heterocycles. The van der Waals surface area contributed by atoms with E-state index in [9.17, 15) is 14.9 Å². The molecule has 0 aromatic rings. The lowest BCUT2D eigenvalue weighted by Gasteiger charge is -2.46. The number of piperidine rings is 1. The SMILES string of the molecule is COC(=O)CCCN1C[C@H]2C=C(C#N)[C@H]1[C@@H](C(=O)OC)C2. The summed E-state index contributed by atoms with van der Waals surface area (Å²) in [4.78, 5) is 25.2. The van der Waals surface area contributed by atoms with E-state index in [2.05, 4.69) is 15.7 Å². The van der Waals surface area contributed by atoms with Crippen molar-refractivity contribution in [1.29, 1.82) is 5.26 Å². The van der Waals surface area contributed by atoms with Gasteiger partial charge in [-0.2, -0.15) is 5.26 Å². The molecule has 0 spiro atoms. The summed E-state index contributed by atoms with van der Waals surface area (Å²) in [6.45, 7) is 1.49. The Morgan fingerprint density at radius 1 is 1.43 bits per heavy atom. The van der Waals surface area contributed by atoms with Crippen LogP contribution in [0.5, 0.6) is 0 Å². The molecule has 6 heteroatoms. The first-order valence-corrected chi connectivity index (χ1v) is 7.11. The molecule has 114 valence electrons. The van der Waals surface area contributed by atoms with Crippen LogP contribution in [0.15, 0.2) is 11.6 Å². The summed E-state index contributed by atoms with van der Waals surface area (Å²) in [7, 11) is 2.75. The molecule has 0 saturated carbocycles. The topological polar surface area (TPSA) is 79.6 Å². The number of rotatable bonds is 5. The minimum Gasteiger partial charge on any atom is -0.469 e. The molecule has 0 amide bonds. The van der Waals surface area contributed by atoms with Gasteiger partial charge in [-0.05, 0) is 25.3 Å². The summed E-state index contributed by atoms with van der Waals surface area (Å²) < 4.78 is 9.49. The van der Waals surface area contributed by atoms with Gasteiger partial charge >= 0.3 is 11.9 Å². The molecule has 6 nitrogen and oxygen atoms in total. The Morgan fingerprint density at radius 2 is 2.19 bits per heavy atom. The van der Waals surface area contributed by atoms with Crippen molar-refractivity contribution in [2.24, 2.45) is 11.8 Å². The molecule has 3 rings (SSSR count). The highest BCUT2D eigenvalue weighted by molar-refractivity contribution is 5.75. The molecule has 0 aromatic carbocycles. The maximum Gasteiger partial charge on any atom is 0.310 e. The van der Waals surface area contributed by atoms with E-state index < -0.39 is 0 Å². The first-order chi connectivity index (χ1) is 10.1. The lowest BCUT2D eigenvalue weighted by Crippen LogP contribution is -2.55. The monoisotopic (exact) mass is 292 g/mol. The number of carbonyl (C=O) groups is 2. The van der Waals surface area contributed by atoms with E-state index >= 15 is 0 Å². The second-order valence-electron chi connectivity index (χ2n) is 5.48. The third-order valence-electron chi connectivity index (χ3n) is 4.22. The number of esters is 2. The van der Waals surface area contributed by atoms with Gasteiger partial charge < -0.3 is 9.47 Å². The molecule has 21 heavy (non-hydrogen) atoms. The van der Waals surface area contributed by atoms with Crippen molar-refractivity contribution in [2.75, 3.05) is 27.3 Å². The Morgan fingerprint density at radius 3 is 2.81 bits per heavy atom. The van der Waals surface area contributed by atoms with Crippen LogP contribution in [-0.2, 0) is 19.1 Å². The average molecular weight is 292 g/mol. The van der Waals surface area contributed by atoms with Crippen LogP contribution in [0.3, 0.4) is 0 Å². The zero-order valence-electron chi connectivity index (χ0n) is 12.4. The van der Waals surface area contributed by atoms with Crippen LogP contribution in [0.1, 0.15) is 19.3 Å². The number of ether oxygens (including phenoxy) is 2. The Bertz CT molecular complexity index is 494. The van der Waals surface area contributed by atoms with Crippen LogP contribution in [-0.4, -0.2) is 50.2 Å². The zero-order chi connectivity index (χ0) is 15.4. The standard InChI is InChI=1S/C15H20N2O4/c1-20-13(18)4-3-5-17-9-10-6-11(8-16)14(17)12(7-10)15(19)21-2/h6,10,12,14H,3-5,7,9H2,1-2H3/t10-,12-,14-/m0/s1. The average Bonchev–Trinajstić information content (AvgIpc) is 2.53. The summed E-state index contributed by atoms with van der Waals surface area (Å²) >= 11 is 0. The van der Waals surface area contributed by atoms with E-state index in [1.165, 1.54) is 14.2 Å². The number of methoxy groups -OCH3 is 2. The molecule has 1 aliphatic carbocycles. The van der Waals surface area contributed by atoms with Crippen molar-refractivity contribution >= 4 is 11.9 Å². The van der Waals surface area contributed by atoms with Crippen molar-refractivity contribution in [3.8, 4) is 6.07 Å². The van der Waals surface area contributed by atoms with Crippen LogP contribution in [0.2, 0.25) is 0 Å². The van der Waals surface area contributed by atoms with Crippen molar-refractivity contribution in [3.63, 3.8) is 0 Å². The van der Waals surface area contributed by atoms with Crippen molar-refractivity contribution in [3.05, 3.63) is 11.6 Å². The Hall–Kier alpha value is -1.87. The second kappa shape index (κ2) is 6.72.